The Balaban J connectivity index is 2.76. The van der Waals surface area contributed by atoms with E-state index in [0.29, 0.717) is 0 Å². The molecule has 0 amide bonds. The number of hydrogen-bond acceptors (Lipinski definition) is 1. The summed E-state index contributed by atoms with van der Waals surface area (Å²) in [6, 6.07) is 6.85. The first-order chi connectivity index (χ1) is 7.45. The number of halogens is 1. The summed E-state index contributed by atoms with van der Waals surface area (Å²) in [5, 5.41) is 3.29. The second-order valence-corrected chi connectivity index (χ2v) is 5.84. The van der Waals surface area contributed by atoms with Crippen LogP contribution in [0.15, 0.2) is 18.2 Å². The van der Waals surface area contributed by atoms with E-state index in [1.54, 1.807) is 0 Å². The van der Waals surface area contributed by atoms with Gasteiger partial charge in [-0.25, -0.2) is 0 Å². The minimum absolute atomic E-state index is 0.247. The average Bonchev–Trinajstić information content (AvgIpc) is 2.19. The maximum Gasteiger partial charge on any atom is 0.0517 e. The third-order valence-electron chi connectivity index (χ3n) is 2.87. The molecule has 90 valence electrons. The first-order valence-corrected chi connectivity index (χ1v) is 6.94. The van der Waals surface area contributed by atoms with Crippen molar-refractivity contribution in [1.29, 1.82) is 0 Å². The van der Waals surface area contributed by atoms with Gasteiger partial charge in [0.1, 0.15) is 0 Å². The minimum atomic E-state index is 0.247. The van der Waals surface area contributed by atoms with E-state index in [1.165, 1.54) is 16.7 Å². The molecule has 16 heavy (non-hydrogen) atoms. The maximum absolute atomic E-state index is 3.37. The molecule has 0 saturated carbocycles. The summed E-state index contributed by atoms with van der Waals surface area (Å²) >= 11 is 3.37. The van der Waals surface area contributed by atoms with E-state index in [9.17, 15) is 0 Å². The van der Waals surface area contributed by atoms with E-state index < -0.39 is 0 Å². The smallest absolute Gasteiger partial charge is 0.0517 e. The third-order valence-corrected chi connectivity index (χ3v) is 3.27. The van der Waals surface area contributed by atoms with Crippen molar-refractivity contribution in [3.8, 4) is 0 Å². The first-order valence-electron chi connectivity index (χ1n) is 5.82. The molecule has 0 fully saturated rings. The van der Waals surface area contributed by atoms with Crippen molar-refractivity contribution in [3.63, 3.8) is 0 Å². The van der Waals surface area contributed by atoms with E-state index >= 15 is 0 Å². The number of nitrogens with one attached hydrogen (secondary N) is 1. The lowest BCUT2D eigenvalue weighted by Crippen LogP contribution is -2.16. The van der Waals surface area contributed by atoms with Gasteiger partial charge in [-0.1, -0.05) is 54.9 Å². The Morgan fingerprint density at radius 1 is 1.25 bits per heavy atom. The molecule has 1 N–H and O–H groups in total. The fourth-order valence-electron chi connectivity index (χ4n) is 1.73. The molecule has 0 bridgehead atoms. The van der Waals surface area contributed by atoms with E-state index in [-0.39, 0.29) is 5.41 Å². The zero-order valence-electron chi connectivity index (χ0n) is 10.7. The maximum atomic E-state index is 3.37. The highest BCUT2D eigenvalue weighted by molar-refractivity contribution is 9.09. The van der Waals surface area contributed by atoms with Gasteiger partial charge in [-0.15, -0.1) is 0 Å². The number of benzene rings is 1. The van der Waals surface area contributed by atoms with E-state index in [4.69, 9.17) is 0 Å². The SMILES string of the molecule is Cc1cc(C(C)(C)C)ccc1CCNCBr. The van der Waals surface area contributed by atoms with Crippen molar-refractivity contribution in [2.75, 3.05) is 12.0 Å². The molecule has 0 aliphatic carbocycles. The van der Waals surface area contributed by atoms with Gasteiger partial charge >= 0.3 is 0 Å². The fraction of sp³-hybridized carbons (Fsp3) is 0.571. The standard InChI is InChI=1S/C14H22BrN/c1-11-9-13(14(2,3)4)6-5-12(11)7-8-16-10-15/h5-6,9,16H,7-8,10H2,1-4H3. The zero-order valence-corrected chi connectivity index (χ0v) is 12.3. The zero-order chi connectivity index (χ0) is 12.2. The van der Waals surface area contributed by atoms with Crippen LogP contribution in [0.1, 0.15) is 37.5 Å². The van der Waals surface area contributed by atoms with Gasteiger partial charge in [-0.3, -0.25) is 0 Å². The molecule has 0 aliphatic heterocycles. The van der Waals surface area contributed by atoms with Crippen molar-refractivity contribution in [2.24, 2.45) is 0 Å². The number of aryl methyl sites for hydroxylation is 1. The largest absolute Gasteiger partial charge is 0.307 e. The summed E-state index contributed by atoms with van der Waals surface area (Å²) in [6.07, 6.45) is 1.10. The van der Waals surface area contributed by atoms with Crippen LogP contribution in [0.25, 0.3) is 0 Å². The molecule has 2 heteroatoms. The predicted molar refractivity (Wildman–Crippen MR) is 75.4 cm³/mol. The summed E-state index contributed by atoms with van der Waals surface area (Å²) in [7, 11) is 0. The van der Waals surface area contributed by atoms with Crippen LogP contribution < -0.4 is 5.32 Å². The minimum Gasteiger partial charge on any atom is -0.307 e. The Bertz CT molecular complexity index is 339. The quantitative estimate of drug-likeness (QED) is 0.504. The Labute approximate surface area is 108 Å². The number of hydrogen-bond donors (Lipinski definition) is 1. The van der Waals surface area contributed by atoms with Crippen LogP contribution in [0.2, 0.25) is 0 Å². The summed E-state index contributed by atoms with van der Waals surface area (Å²) in [5.74, 6) is 0. The van der Waals surface area contributed by atoms with E-state index in [2.05, 4.69) is 67.1 Å². The van der Waals surface area contributed by atoms with Crippen LogP contribution in [0.3, 0.4) is 0 Å². The lowest BCUT2D eigenvalue weighted by atomic mass is 9.85. The molecule has 0 spiro atoms. The molecule has 1 nitrogen and oxygen atoms in total. The Kier molecular flexibility index (Phi) is 5.00. The fourth-order valence-corrected chi connectivity index (χ4v) is 2.01. The molecular weight excluding hydrogens is 262 g/mol. The average molecular weight is 284 g/mol. The lowest BCUT2D eigenvalue weighted by molar-refractivity contribution is 0.589. The highest BCUT2D eigenvalue weighted by atomic mass is 79.9. The van der Waals surface area contributed by atoms with E-state index in [0.717, 1.165) is 18.4 Å². The van der Waals surface area contributed by atoms with Crippen LogP contribution in [-0.2, 0) is 11.8 Å². The normalized spacial score (nSPS) is 11.8. The Morgan fingerprint density at radius 2 is 1.94 bits per heavy atom. The van der Waals surface area contributed by atoms with Gasteiger partial charge in [0, 0.05) is 0 Å². The molecule has 1 rings (SSSR count). The van der Waals surface area contributed by atoms with Gasteiger partial charge in [0.15, 0.2) is 0 Å². The topological polar surface area (TPSA) is 12.0 Å². The molecule has 0 unspecified atom stereocenters. The van der Waals surface area contributed by atoms with Crippen LogP contribution in [-0.4, -0.2) is 12.0 Å². The molecule has 0 aromatic heterocycles. The van der Waals surface area contributed by atoms with Crippen molar-refractivity contribution in [3.05, 3.63) is 34.9 Å². The molecule has 1 aromatic rings. The van der Waals surface area contributed by atoms with Crippen molar-refractivity contribution < 1.29 is 0 Å². The van der Waals surface area contributed by atoms with Gasteiger partial charge in [0.25, 0.3) is 0 Å². The number of alkyl halides is 1. The lowest BCUT2D eigenvalue weighted by Gasteiger charge is -2.20. The second kappa shape index (κ2) is 5.83. The van der Waals surface area contributed by atoms with E-state index in [1.807, 2.05) is 0 Å². The van der Waals surface area contributed by atoms with Gasteiger partial charge in [-0.2, -0.15) is 0 Å². The van der Waals surface area contributed by atoms with Crippen LogP contribution in [0, 0.1) is 6.92 Å². The van der Waals surface area contributed by atoms with Crippen LogP contribution in [0.5, 0.6) is 0 Å². The highest BCUT2D eigenvalue weighted by Crippen LogP contribution is 2.24. The van der Waals surface area contributed by atoms with Crippen molar-refractivity contribution >= 4 is 15.9 Å². The van der Waals surface area contributed by atoms with Crippen molar-refractivity contribution in [1.82, 2.24) is 5.32 Å². The molecule has 0 heterocycles. The van der Waals surface area contributed by atoms with Gasteiger partial charge in [0.05, 0.1) is 5.45 Å². The third kappa shape index (κ3) is 3.91. The Hall–Kier alpha value is -0.340. The Morgan fingerprint density at radius 3 is 2.44 bits per heavy atom. The van der Waals surface area contributed by atoms with Crippen molar-refractivity contribution in [2.45, 2.75) is 39.5 Å². The first kappa shape index (κ1) is 13.7. The van der Waals surface area contributed by atoms with Gasteiger partial charge in [-0.05, 0) is 42.0 Å². The molecule has 0 atom stereocenters. The molecule has 0 radical (unpaired) electrons. The van der Waals surface area contributed by atoms with Crippen LogP contribution >= 0.6 is 15.9 Å². The molecule has 0 aliphatic rings. The predicted octanol–water partition coefficient (Wildman–Crippen LogP) is 3.78. The molecule has 1 aromatic carbocycles. The van der Waals surface area contributed by atoms with Gasteiger partial charge < -0.3 is 5.32 Å². The molecular formula is C14H22BrN. The number of rotatable bonds is 4. The highest BCUT2D eigenvalue weighted by Gasteiger charge is 2.14. The van der Waals surface area contributed by atoms with Gasteiger partial charge in [0.2, 0.25) is 0 Å². The molecule has 0 saturated heterocycles. The van der Waals surface area contributed by atoms with Crippen LogP contribution in [0.4, 0.5) is 0 Å². The second-order valence-electron chi connectivity index (χ2n) is 5.27. The summed E-state index contributed by atoms with van der Waals surface area (Å²) in [5.41, 5.74) is 5.39. The summed E-state index contributed by atoms with van der Waals surface area (Å²) in [6.45, 7) is 10.0. The summed E-state index contributed by atoms with van der Waals surface area (Å²) < 4.78 is 0. The monoisotopic (exact) mass is 283 g/mol. The summed E-state index contributed by atoms with van der Waals surface area (Å²) in [4.78, 5) is 0.